The number of aliphatic imine (C=N–C) groups is 1. The quantitative estimate of drug-likeness (QED) is 0.0994. The number of halogens is 2. The van der Waals surface area contributed by atoms with Crippen LogP contribution in [0.1, 0.15) is 24.0 Å². The molecule has 0 radical (unpaired) electrons. The molecule has 1 aliphatic rings. The first kappa shape index (κ1) is 30.8. The zero-order valence-electron chi connectivity index (χ0n) is 23.0. The van der Waals surface area contributed by atoms with Crippen LogP contribution in [0.3, 0.4) is 0 Å². The fraction of sp³-hybridized carbons (Fsp3) is 0.200. The van der Waals surface area contributed by atoms with Gasteiger partial charge in [0.1, 0.15) is 51.1 Å². The van der Waals surface area contributed by atoms with Crippen LogP contribution in [0.2, 0.25) is 5.02 Å². The fourth-order valence-electron chi connectivity index (χ4n) is 3.98. The summed E-state index contributed by atoms with van der Waals surface area (Å²) in [5.74, 6) is 1.73. The summed E-state index contributed by atoms with van der Waals surface area (Å²) in [4.78, 5) is 4.45. The van der Waals surface area contributed by atoms with Crippen LogP contribution >= 0.6 is 11.6 Å². The summed E-state index contributed by atoms with van der Waals surface area (Å²) in [6, 6.07) is 14.9. The van der Waals surface area contributed by atoms with Gasteiger partial charge in [0.25, 0.3) is 0 Å². The van der Waals surface area contributed by atoms with Crippen molar-refractivity contribution in [3.63, 3.8) is 0 Å². The van der Waals surface area contributed by atoms with E-state index in [4.69, 9.17) is 20.8 Å². The molecule has 42 heavy (non-hydrogen) atoms. The second-order valence-corrected chi connectivity index (χ2v) is 12.0. The largest absolute Gasteiger partial charge is 0.487 e. The maximum absolute atomic E-state index is 13.5. The monoisotopic (exact) mass is 612 g/mol. The van der Waals surface area contributed by atoms with Crippen molar-refractivity contribution in [2.24, 2.45) is 10.1 Å². The molecule has 3 N–H and O–H groups in total. The predicted octanol–water partition coefficient (Wildman–Crippen LogP) is 5.98. The summed E-state index contributed by atoms with van der Waals surface area (Å²) in [5.41, 5.74) is 2.77. The van der Waals surface area contributed by atoms with Crippen LogP contribution in [0.4, 0.5) is 10.1 Å². The summed E-state index contributed by atoms with van der Waals surface area (Å²) in [6.07, 6.45) is 7.97. The molecule has 0 spiro atoms. The zero-order valence-corrected chi connectivity index (χ0v) is 24.5. The van der Waals surface area contributed by atoms with E-state index in [1.54, 1.807) is 73.8 Å². The van der Waals surface area contributed by atoms with E-state index in [-0.39, 0.29) is 23.9 Å². The SMILES string of the molecule is C\C=N/C(Nc1ccc(OCc2cccc(F)c2)c(Cl)c1)=C1/C=C(c2ccc(CNCCS(C)(=O)=O)o2)C=C/C1=N\O. The third-order valence-corrected chi connectivity index (χ3v) is 7.23. The number of benzene rings is 2. The summed E-state index contributed by atoms with van der Waals surface area (Å²) in [7, 11) is -3.05. The molecule has 0 amide bonds. The molecule has 0 saturated heterocycles. The Morgan fingerprint density at radius 1 is 1.17 bits per heavy atom. The predicted molar refractivity (Wildman–Crippen MR) is 163 cm³/mol. The van der Waals surface area contributed by atoms with Crippen LogP contribution < -0.4 is 15.4 Å². The van der Waals surface area contributed by atoms with Crippen molar-refractivity contribution in [3.05, 3.63) is 112 Å². The Morgan fingerprint density at radius 2 is 2.00 bits per heavy atom. The van der Waals surface area contributed by atoms with Crippen molar-refractivity contribution in [1.29, 1.82) is 0 Å². The number of allylic oxidation sites excluding steroid dienone is 5. The van der Waals surface area contributed by atoms with Crippen LogP contribution in [0, 0.1) is 5.82 Å². The Morgan fingerprint density at radius 3 is 2.71 bits per heavy atom. The number of hydrogen-bond donors (Lipinski definition) is 3. The first-order valence-electron chi connectivity index (χ1n) is 12.9. The minimum absolute atomic E-state index is 0.0372. The van der Waals surface area contributed by atoms with Crippen molar-refractivity contribution in [1.82, 2.24) is 5.32 Å². The molecule has 9 nitrogen and oxygen atoms in total. The number of furan rings is 1. The van der Waals surface area contributed by atoms with Gasteiger partial charge >= 0.3 is 0 Å². The average Bonchev–Trinajstić information content (AvgIpc) is 3.43. The Kier molecular flexibility index (Phi) is 10.3. The highest BCUT2D eigenvalue weighted by atomic mass is 35.5. The van der Waals surface area contributed by atoms with Gasteiger partial charge in [0.2, 0.25) is 0 Å². The lowest BCUT2D eigenvalue weighted by Crippen LogP contribution is -2.21. The molecule has 1 aromatic heterocycles. The molecular weight excluding hydrogens is 583 g/mol. The van der Waals surface area contributed by atoms with Gasteiger partial charge in [0.15, 0.2) is 0 Å². The third-order valence-electron chi connectivity index (χ3n) is 5.99. The van der Waals surface area contributed by atoms with Gasteiger partial charge in [-0.2, -0.15) is 0 Å². The lowest BCUT2D eigenvalue weighted by atomic mass is 9.98. The number of anilines is 1. The normalized spacial score (nSPS) is 15.7. The molecule has 0 aliphatic heterocycles. The van der Waals surface area contributed by atoms with Crippen LogP contribution in [-0.4, -0.2) is 44.1 Å². The van der Waals surface area contributed by atoms with E-state index in [0.717, 1.165) is 0 Å². The highest BCUT2D eigenvalue weighted by Crippen LogP contribution is 2.31. The lowest BCUT2D eigenvalue weighted by Gasteiger charge is -2.16. The highest BCUT2D eigenvalue weighted by molar-refractivity contribution is 7.90. The van der Waals surface area contributed by atoms with Crippen molar-refractivity contribution in [3.8, 4) is 5.75 Å². The van der Waals surface area contributed by atoms with Gasteiger partial charge in [-0.15, -0.1) is 0 Å². The number of nitrogens with one attached hydrogen (secondary N) is 2. The van der Waals surface area contributed by atoms with E-state index in [1.807, 2.05) is 0 Å². The molecular formula is C30H30ClFN4O5S. The topological polar surface area (TPSA) is 126 Å². The summed E-state index contributed by atoms with van der Waals surface area (Å²) in [5, 5.41) is 19.7. The van der Waals surface area contributed by atoms with Gasteiger partial charge in [0, 0.05) is 35.8 Å². The molecule has 4 rings (SSSR count). The third kappa shape index (κ3) is 8.65. The molecule has 0 fully saturated rings. The van der Waals surface area contributed by atoms with E-state index in [0.29, 0.717) is 63.6 Å². The first-order valence-corrected chi connectivity index (χ1v) is 15.4. The Labute approximate surface area is 248 Å². The van der Waals surface area contributed by atoms with Gasteiger partial charge in [0.05, 0.1) is 17.3 Å². The molecule has 0 unspecified atom stereocenters. The van der Waals surface area contributed by atoms with E-state index < -0.39 is 9.84 Å². The van der Waals surface area contributed by atoms with E-state index in [2.05, 4.69) is 20.8 Å². The summed E-state index contributed by atoms with van der Waals surface area (Å²) in [6.45, 7) is 2.59. The van der Waals surface area contributed by atoms with Gasteiger partial charge in [-0.3, -0.25) is 0 Å². The number of hydrogen-bond acceptors (Lipinski definition) is 9. The summed E-state index contributed by atoms with van der Waals surface area (Å²) >= 11 is 6.47. The molecule has 220 valence electrons. The van der Waals surface area contributed by atoms with Gasteiger partial charge in [-0.05, 0) is 73.2 Å². The number of oxime groups is 1. The lowest BCUT2D eigenvalue weighted by molar-refractivity contribution is 0.306. The Balaban J connectivity index is 1.52. The molecule has 0 saturated carbocycles. The molecule has 3 aromatic rings. The number of sulfone groups is 1. The van der Waals surface area contributed by atoms with E-state index in [9.17, 15) is 18.0 Å². The van der Waals surface area contributed by atoms with Crippen molar-refractivity contribution in [2.45, 2.75) is 20.1 Å². The van der Waals surface area contributed by atoms with Crippen molar-refractivity contribution in [2.75, 3.05) is 23.9 Å². The second kappa shape index (κ2) is 14.1. The van der Waals surface area contributed by atoms with Gasteiger partial charge < -0.3 is 25.0 Å². The van der Waals surface area contributed by atoms with Crippen LogP contribution in [-0.2, 0) is 23.0 Å². The molecule has 1 aliphatic carbocycles. The Hall–Kier alpha value is -4.19. The van der Waals surface area contributed by atoms with Crippen LogP contribution in [0.25, 0.3) is 5.57 Å². The standard InChI is InChI=1S/C30H30ClFN4O5S/c1-3-34-30(35-23-8-11-29(26(31)17-23)40-19-20-5-4-6-22(32)15-20)25-16-21(7-10-27(25)36-37)28-12-9-24(41-28)18-33-13-14-42(2,38)39/h3-12,15-17,33,35,37H,13-14,18-19H2,1-2H3/b30-25+,34-3-,36-27+. The molecule has 0 bridgehead atoms. The Bertz CT molecular complexity index is 1690. The smallest absolute Gasteiger partial charge is 0.148 e. The molecule has 12 heteroatoms. The highest BCUT2D eigenvalue weighted by Gasteiger charge is 2.18. The number of rotatable bonds is 12. The zero-order chi connectivity index (χ0) is 30.1. The minimum atomic E-state index is -3.05. The summed E-state index contributed by atoms with van der Waals surface area (Å²) < 4.78 is 47.8. The van der Waals surface area contributed by atoms with Gasteiger partial charge in [-0.1, -0.05) is 28.9 Å². The van der Waals surface area contributed by atoms with Gasteiger partial charge in [-0.25, -0.2) is 17.8 Å². The average molecular weight is 613 g/mol. The van der Waals surface area contributed by atoms with Crippen LogP contribution in [0.5, 0.6) is 5.75 Å². The van der Waals surface area contributed by atoms with Crippen molar-refractivity contribution >= 4 is 44.6 Å². The molecule has 2 aromatic carbocycles. The fourth-order valence-corrected chi connectivity index (χ4v) is 4.73. The van der Waals surface area contributed by atoms with Crippen LogP contribution in [0.15, 0.2) is 98.8 Å². The minimum Gasteiger partial charge on any atom is -0.487 e. The maximum atomic E-state index is 13.5. The molecule has 1 heterocycles. The maximum Gasteiger partial charge on any atom is 0.148 e. The number of nitrogens with zero attached hydrogens (tertiary/aromatic N) is 2. The second-order valence-electron chi connectivity index (χ2n) is 9.33. The van der Waals surface area contributed by atoms with E-state index >= 15 is 0 Å². The van der Waals surface area contributed by atoms with E-state index in [1.165, 1.54) is 18.4 Å². The van der Waals surface area contributed by atoms with Crippen molar-refractivity contribution < 1.29 is 27.2 Å². The first-order chi connectivity index (χ1) is 20.1. The molecule has 0 atom stereocenters. The number of ether oxygens (including phenoxy) is 1.